The molecule has 3 atom stereocenters. The molecule has 0 radical (unpaired) electrons. The lowest BCUT2D eigenvalue weighted by molar-refractivity contribution is -0.236. The minimum absolute atomic E-state index is 0.196. The van der Waals surface area contributed by atoms with Crippen molar-refractivity contribution in [2.75, 3.05) is 13.2 Å². The maximum atomic E-state index is 9.99. The summed E-state index contributed by atoms with van der Waals surface area (Å²) < 4.78 is 11.6. The van der Waals surface area contributed by atoms with Crippen molar-refractivity contribution in [1.29, 1.82) is 0 Å². The molecule has 0 bridgehead atoms. The van der Waals surface area contributed by atoms with E-state index in [2.05, 4.69) is 0 Å². The lowest BCUT2D eigenvalue weighted by atomic mass is 9.76. The SMILES string of the molecule is O[C@H]1CC[C@@H]2CCCC3(OCCO3)[C@H]21. The van der Waals surface area contributed by atoms with E-state index in [9.17, 15) is 5.11 Å². The van der Waals surface area contributed by atoms with E-state index in [1.54, 1.807) is 0 Å². The van der Waals surface area contributed by atoms with E-state index in [-0.39, 0.29) is 12.0 Å². The van der Waals surface area contributed by atoms with Gasteiger partial charge in [-0.3, -0.25) is 0 Å². The summed E-state index contributed by atoms with van der Waals surface area (Å²) in [4.78, 5) is 0. The number of fused-ring (bicyclic) bond motifs is 2. The van der Waals surface area contributed by atoms with Gasteiger partial charge in [0.1, 0.15) is 0 Å². The highest BCUT2D eigenvalue weighted by Crippen LogP contribution is 2.51. The van der Waals surface area contributed by atoms with Crippen molar-refractivity contribution < 1.29 is 14.6 Å². The number of rotatable bonds is 0. The first-order valence-electron chi connectivity index (χ1n) is 5.78. The van der Waals surface area contributed by atoms with Crippen molar-refractivity contribution >= 4 is 0 Å². The Morgan fingerprint density at radius 1 is 1.07 bits per heavy atom. The Morgan fingerprint density at radius 3 is 2.64 bits per heavy atom. The van der Waals surface area contributed by atoms with Crippen LogP contribution in [0.2, 0.25) is 0 Å². The molecule has 0 amide bonds. The molecule has 1 heterocycles. The molecule has 1 saturated heterocycles. The van der Waals surface area contributed by atoms with Crippen LogP contribution in [0.1, 0.15) is 32.1 Å². The fraction of sp³-hybridized carbons (Fsp3) is 1.00. The number of ether oxygens (including phenoxy) is 2. The van der Waals surface area contributed by atoms with E-state index in [0.29, 0.717) is 19.1 Å². The third-order valence-electron chi connectivity index (χ3n) is 4.14. The molecule has 1 spiro atoms. The predicted molar refractivity (Wildman–Crippen MR) is 50.7 cm³/mol. The van der Waals surface area contributed by atoms with Gasteiger partial charge in [-0.1, -0.05) is 0 Å². The topological polar surface area (TPSA) is 38.7 Å². The van der Waals surface area contributed by atoms with Crippen molar-refractivity contribution in [3.05, 3.63) is 0 Å². The summed E-state index contributed by atoms with van der Waals surface area (Å²) in [5.41, 5.74) is 0. The standard InChI is InChI=1S/C11H18O3/c12-9-4-3-8-2-1-5-11(10(8)9)13-6-7-14-11/h8-10,12H,1-7H2/t8-,9-,10+/m0/s1. The third-order valence-corrected chi connectivity index (χ3v) is 4.14. The minimum Gasteiger partial charge on any atom is -0.393 e. The van der Waals surface area contributed by atoms with Crippen LogP contribution in [0.25, 0.3) is 0 Å². The molecule has 3 nitrogen and oxygen atoms in total. The summed E-state index contributed by atoms with van der Waals surface area (Å²) in [5.74, 6) is 0.481. The van der Waals surface area contributed by atoms with Crippen molar-refractivity contribution in [3.63, 3.8) is 0 Å². The van der Waals surface area contributed by atoms with Crippen LogP contribution in [-0.4, -0.2) is 30.2 Å². The van der Waals surface area contributed by atoms with E-state index in [1.807, 2.05) is 0 Å². The summed E-state index contributed by atoms with van der Waals surface area (Å²) in [6, 6.07) is 0. The van der Waals surface area contributed by atoms with Crippen LogP contribution in [0.3, 0.4) is 0 Å². The molecule has 2 aliphatic carbocycles. The largest absolute Gasteiger partial charge is 0.393 e. The molecule has 2 saturated carbocycles. The van der Waals surface area contributed by atoms with Gasteiger partial charge in [0, 0.05) is 12.3 Å². The number of hydrogen-bond donors (Lipinski definition) is 1. The molecule has 14 heavy (non-hydrogen) atoms. The van der Waals surface area contributed by atoms with Crippen molar-refractivity contribution in [3.8, 4) is 0 Å². The highest BCUT2D eigenvalue weighted by atomic mass is 16.7. The average Bonchev–Trinajstić information content (AvgIpc) is 2.76. The van der Waals surface area contributed by atoms with Crippen LogP contribution in [0.15, 0.2) is 0 Å². The monoisotopic (exact) mass is 198 g/mol. The summed E-state index contributed by atoms with van der Waals surface area (Å²) in [6.45, 7) is 1.41. The molecule has 0 aromatic carbocycles. The van der Waals surface area contributed by atoms with Crippen LogP contribution in [-0.2, 0) is 9.47 Å². The molecule has 3 fully saturated rings. The zero-order valence-corrected chi connectivity index (χ0v) is 8.45. The Morgan fingerprint density at radius 2 is 1.86 bits per heavy atom. The van der Waals surface area contributed by atoms with Gasteiger partial charge >= 0.3 is 0 Å². The number of hydrogen-bond acceptors (Lipinski definition) is 3. The van der Waals surface area contributed by atoms with Gasteiger partial charge < -0.3 is 14.6 Å². The Kier molecular flexibility index (Phi) is 2.08. The quantitative estimate of drug-likeness (QED) is 0.637. The van der Waals surface area contributed by atoms with Gasteiger partial charge in [-0.15, -0.1) is 0 Å². The highest BCUT2D eigenvalue weighted by Gasteiger charge is 2.55. The van der Waals surface area contributed by atoms with Crippen LogP contribution in [0, 0.1) is 11.8 Å². The van der Waals surface area contributed by atoms with E-state index < -0.39 is 5.79 Å². The van der Waals surface area contributed by atoms with Crippen LogP contribution in [0.5, 0.6) is 0 Å². The van der Waals surface area contributed by atoms with Gasteiger partial charge in [-0.25, -0.2) is 0 Å². The van der Waals surface area contributed by atoms with Crippen LogP contribution >= 0.6 is 0 Å². The van der Waals surface area contributed by atoms with Crippen molar-refractivity contribution in [1.82, 2.24) is 0 Å². The molecule has 3 aliphatic rings. The normalized spacial score (nSPS) is 45.6. The second kappa shape index (κ2) is 3.19. The second-order valence-electron chi connectivity index (χ2n) is 4.83. The number of aliphatic hydroxyl groups is 1. The smallest absolute Gasteiger partial charge is 0.174 e. The van der Waals surface area contributed by atoms with Gasteiger partial charge in [-0.05, 0) is 31.6 Å². The molecular weight excluding hydrogens is 180 g/mol. The summed E-state index contributed by atoms with van der Waals surface area (Å²) in [7, 11) is 0. The van der Waals surface area contributed by atoms with Gasteiger partial charge in [-0.2, -0.15) is 0 Å². The zero-order valence-electron chi connectivity index (χ0n) is 8.45. The first-order valence-corrected chi connectivity index (χ1v) is 5.78. The molecule has 3 heteroatoms. The molecule has 0 aromatic heterocycles. The summed E-state index contributed by atoms with van der Waals surface area (Å²) >= 11 is 0. The van der Waals surface area contributed by atoms with Gasteiger partial charge in [0.2, 0.25) is 0 Å². The summed E-state index contributed by atoms with van der Waals surface area (Å²) in [6.07, 6.45) is 5.30. The van der Waals surface area contributed by atoms with E-state index in [4.69, 9.17) is 9.47 Å². The lowest BCUT2D eigenvalue weighted by Crippen LogP contribution is -2.48. The summed E-state index contributed by atoms with van der Waals surface area (Å²) in [5, 5.41) is 9.99. The molecule has 0 aromatic rings. The fourth-order valence-corrected chi connectivity index (χ4v) is 3.62. The van der Waals surface area contributed by atoms with Gasteiger partial charge in [0.15, 0.2) is 5.79 Å². The molecular formula is C11H18O3. The molecule has 3 rings (SSSR count). The Hall–Kier alpha value is -0.120. The maximum absolute atomic E-state index is 9.99. The Bertz CT molecular complexity index is 221. The van der Waals surface area contributed by atoms with E-state index in [1.165, 1.54) is 12.8 Å². The molecule has 1 aliphatic heterocycles. The molecule has 1 N–H and O–H groups in total. The van der Waals surface area contributed by atoms with Crippen molar-refractivity contribution in [2.24, 2.45) is 11.8 Å². The zero-order chi connectivity index (χ0) is 9.60. The second-order valence-corrected chi connectivity index (χ2v) is 4.83. The van der Waals surface area contributed by atoms with Crippen LogP contribution < -0.4 is 0 Å². The minimum atomic E-state index is -0.404. The predicted octanol–water partition coefficient (Wildman–Crippen LogP) is 1.30. The average molecular weight is 198 g/mol. The van der Waals surface area contributed by atoms with Gasteiger partial charge in [0.25, 0.3) is 0 Å². The first-order chi connectivity index (χ1) is 6.82. The van der Waals surface area contributed by atoms with E-state index in [0.717, 1.165) is 19.3 Å². The maximum Gasteiger partial charge on any atom is 0.174 e. The number of aliphatic hydroxyl groups excluding tert-OH is 1. The van der Waals surface area contributed by atoms with Crippen molar-refractivity contribution in [2.45, 2.75) is 44.0 Å². The lowest BCUT2D eigenvalue weighted by Gasteiger charge is -2.42. The fourth-order valence-electron chi connectivity index (χ4n) is 3.62. The third kappa shape index (κ3) is 1.16. The first kappa shape index (κ1) is 9.13. The van der Waals surface area contributed by atoms with E-state index >= 15 is 0 Å². The molecule has 80 valence electrons. The highest BCUT2D eigenvalue weighted by molar-refractivity contribution is 4.99. The Labute approximate surface area is 84.4 Å². The molecule has 0 unspecified atom stereocenters. The Balaban J connectivity index is 1.88. The van der Waals surface area contributed by atoms with Crippen LogP contribution in [0.4, 0.5) is 0 Å². The van der Waals surface area contributed by atoms with Gasteiger partial charge in [0.05, 0.1) is 19.3 Å².